The van der Waals surface area contributed by atoms with Crippen LogP contribution < -0.4 is 5.32 Å². The molecule has 0 unspecified atom stereocenters. The third kappa shape index (κ3) is 3.91. The normalized spacial score (nSPS) is 10.4. The first-order chi connectivity index (χ1) is 9.16. The minimum absolute atomic E-state index is 0.353. The van der Waals surface area contributed by atoms with Crippen molar-refractivity contribution in [2.75, 3.05) is 0 Å². The Balaban J connectivity index is 1.96. The van der Waals surface area contributed by atoms with Crippen LogP contribution in [0.2, 0.25) is 0 Å². The molecule has 3 nitrogen and oxygen atoms in total. The lowest BCUT2D eigenvalue weighted by Crippen LogP contribution is -2.15. The highest BCUT2D eigenvalue weighted by Gasteiger charge is 2.07. The van der Waals surface area contributed by atoms with Crippen molar-refractivity contribution in [3.63, 3.8) is 0 Å². The predicted octanol–water partition coefficient (Wildman–Crippen LogP) is 3.44. The lowest BCUT2D eigenvalue weighted by Gasteiger charge is -2.08. The zero-order chi connectivity index (χ0) is 13.7. The van der Waals surface area contributed by atoms with E-state index in [0.29, 0.717) is 18.7 Å². The van der Waals surface area contributed by atoms with Crippen LogP contribution in [-0.2, 0) is 13.1 Å². The van der Waals surface area contributed by atoms with Gasteiger partial charge in [0.05, 0.1) is 5.56 Å². The summed E-state index contributed by atoms with van der Waals surface area (Å²) in [6, 6.07) is 15.1. The first kappa shape index (κ1) is 13.8. The third-order valence-corrected chi connectivity index (χ3v) is 3.33. The van der Waals surface area contributed by atoms with Gasteiger partial charge in [-0.15, -0.1) is 0 Å². The van der Waals surface area contributed by atoms with Gasteiger partial charge in [0, 0.05) is 17.6 Å². The van der Waals surface area contributed by atoms with E-state index in [1.54, 1.807) is 12.1 Å². The topological polar surface area (TPSA) is 49.3 Å². The van der Waals surface area contributed by atoms with Crippen molar-refractivity contribution in [1.82, 2.24) is 5.32 Å². The summed E-state index contributed by atoms with van der Waals surface area (Å²) in [5.41, 5.74) is 2.31. The van der Waals surface area contributed by atoms with Crippen LogP contribution in [0.4, 0.5) is 0 Å². The Kier molecular flexibility index (Phi) is 4.71. The average molecular weight is 320 g/mol. The molecule has 0 fully saturated rings. The molecule has 2 aromatic rings. The summed E-state index contributed by atoms with van der Waals surface area (Å²) in [7, 11) is 0. The fourth-order valence-corrected chi connectivity index (χ4v) is 2.09. The van der Waals surface area contributed by atoms with E-state index in [1.807, 2.05) is 36.4 Å². The largest absolute Gasteiger partial charge is 0.478 e. The van der Waals surface area contributed by atoms with E-state index in [1.165, 1.54) is 0 Å². The van der Waals surface area contributed by atoms with Gasteiger partial charge in [-0.05, 0) is 29.3 Å². The van der Waals surface area contributed by atoms with E-state index in [-0.39, 0.29) is 0 Å². The molecule has 4 heteroatoms. The van der Waals surface area contributed by atoms with Crippen LogP contribution in [-0.4, -0.2) is 11.1 Å². The molecule has 0 spiro atoms. The van der Waals surface area contributed by atoms with Crippen LogP contribution in [0.3, 0.4) is 0 Å². The lowest BCUT2D eigenvalue weighted by molar-refractivity contribution is 0.0695. The van der Waals surface area contributed by atoms with Gasteiger partial charge >= 0.3 is 5.97 Å². The SMILES string of the molecule is O=C(O)c1ccccc1CNCc1ccc(Br)cc1. The molecule has 19 heavy (non-hydrogen) atoms. The molecule has 98 valence electrons. The lowest BCUT2D eigenvalue weighted by atomic mass is 10.1. The number of hydrogen-bond acceptors (Lipinski definition) is 2. The second-order valence-corrected chi connectivity index (χ2v) is 5.11. The van der Waals surface area contributed by atoms with Crippen LogP contribution in [0.25, 0.3) is 0 Å². The van der Waals surface area contributed by atoms with Crippen molar-refractivity contribution in [3.8, 4) is 0 Å². The van der Waals surface area contributed by atoms with Crippen LogP contribution >= 0.6 is 15.9 Å². The quantitative estimate of drug-likeness (QED) is 0.887. The number of benzene rings is 2. The highest BCUT2D eigenvalue weighted by molar-refractivity contribution is 9.10. The Labute approximate surface area is 120 Å². The average Bonchev–Trinajstić information content (AvgIpc) is 2.41. The van der Waals surface area contributed by atoms with Crippen LogP contribution in [0, 0.1) is 0 Å². The molecule has 0 radical (unpaired) electrons. The standard InChI is InChI=1S/C15H14BrNO2/c16-13-7-5-11(6-8-13)9-17-10-12-3-1-2-4-14(12)15(18)19/h1-8,17H,9-10H2,(H,18,19). The number of hydrogen-bond donors (Lipinski definition) is 2. The zero-order valence-corrected chi connectivity index (χ0v) is 11.9. The number of halogens is 1. The van der Waals surface area contributed by atoms with Gasteiger partial charge in [0.1, 0.15) is 0 Å². The van der Waals surface area contributed by atoms with Crippen molar-refractivity contribution in [2.24, 2.45) is 0 Å². The summed E-state index contributed by atoms with van der Waals surface area (Å²) in [6.45, 7) is 1.25. The summed E-state index contributed by atoms with van der Waals surface area (Å²) in [5.74, 6) is -0.888. The molecule has 0 heterocycles. The Morgan fingerprint density at radius 1 is 1.05 bits per heavy atom. The monoisotopic (exact) mass is 319 g/mol. The smallest absolute Gasteiger partial charge is 0.336 e. The minimum Gasteiger partial charge on any atom is -0.478 e. The van der Waals surface area contributed by atoms with Crippen molar-refractivity contribution >= 4 is 21.9 Å². The summed E-state index contributed by atoms with van der Waals surface area (Å²) in [4.78, 5) is 11.1. The second kappa shape index (κ2) is 6.50. The minimum atomic E-state index is -0.888. The van der Waals surface area contributed by atoms with Gasteiger partial charge in [-0.25, -0.2) is 4.79 Å². The van der Waals surface area contributed by atoms with Gasteiger partial charge in [-0.1, -0.05) is 46.3 Å². The Hall–Kier alpha value is -1.65. The predicted molar refractivity (Wildman–Crippen MR) is 78.1 cm³/mol. The maximum Gasteiger partial charge on any atom is 0.336 e. The Morgan fingerprint density at radius 3 is 2.42 bits per heavy atom. The van der Waals surface area contributed by atoms with Crippen molar-refractivity contribution in [2.45, 2.75) is 13.1 Å². The summed E-state index contributed by atoms with van der Waals surface area (Å²) >= 11 is 3.39. The molecule has 0 saturated carbocycles. The van der Waals surface area contributed by atoms with Gasteiger partial charge in [-0.3, -0.25) is 0 Å². The molecule has 0 amide bonds. The summed E-state index contributed by atoms with van der Waals surface area (Å²) in [5, 5.41) is 12.3. The molecule has 2 N–H and O–H groups in total. The van der Waals surface area contributed by atoms with Gasteiger partial charge in [-0.2, -0.15) is 0 Å². The second-order valence-electron chi connectivity index (χ2n) is 4.19. The molecule has 2 rings (SSSR count). The number of carbonyl (C=O) groups is 1. The van der Waals surface area contributed by atoms with E-state index < -0.39 is 5.97 Å². The van der Waals surface area contributed by atoms with Gasteiger partial charge in [0.2, 0.25) is 0 Å². The van der Waals surface area contributed by atoms with E-state index in [2.05, 4.69) is 21.2 Å². The van der Waals surface area contributed by atoms with E-state index >= 15 is 0 Å². The maximum absolute atomic E-state index is 11.1. The van der Waals surface area contributed by atoms with Crippen molar-refractivity contribution < 1.29 is 9.90 Å². The van der Waals surface area contributed by atoms with Crippen molar-refractivity contribution in [1.29, 1.82) is 0 Å². The van der Waals surface area contributed by atoms with Crippen LogP contribution in [0.15, 0.2) is 53.0 Å². The van der Waals surface area contributed by atoms with E-state index in [4.69, 9.17) is 5.11 Å². The molecule has 0 saturated heterocycles. The summed E-state index contributed by atoms with van der Waals surface area (Å²) in [6.07, 6.45) is 0. The van der Waals surface area contributed by atoms with E-state index in [9.17, 15) is 4.79 Å². The number of nitrogens with one attached hydrogen (secondary N) is 1. The molecule has 0 atom stereocenters. The van der Waals surface area contributed by atoms with E-state index in [0.717, 1.165) is 15.6 Å². The molecule has 0 aromatic heterocycles. The maximum atomic E-state index is 11.1. The Bertz CT molecular complexity index is 567. The fraction of sp³-hybridized carbons (Fsp3) is 0.133. The van der Waals surface area contributed by atoms with Gasteiger partial charge < -0.3 is 10.4 Å². The van der Waals surface area contributed by atoms with Crippen LogP contribution in [0.1, 0.15) is 21.5 Å². The third-order valence-electron chi connectivity index (χ3n) is 2.81. The van der Waals surface area contributed by atoms with Gasteiger partial charge in [0.25, 0.3) is 0 Å². The molecule has 0 aliphatic rings. The van der Waals surface area contributed by atoms with Crippen LogP contribution in [0.5, 0.6) is 0 Å². The zero-order valence-electron chi connectivity index (χ0n) is 10.3. The fourth-order valence-electron chi connectivity index (χ4n) is 1.83. The van der Waals surface area contributed by atoms with Crippen molar-refractivity contribution in [3.05, 3.63) is 69.7 Å². The molecule has 0 bridgehead atoms. The Morgan fingerprint density at radius 2 is 1.74 bits per heavy atom. The molecule has 0 aliphatic carbocycles. The highest BCUT2D eigenvalue weighted by atomic mass is 79.9. The summed E-state index contributed by atoms with van der Waals surface area (Å²) < 4.78 is 1.05. The molecule has 0 aliphatic heterocycles. The molecular weight excluding hydrogens is 306 g/mol. The number of aromatic carboxylic acids is 1. The number of carboxylic acids is 1. The number of rotatable bonds is 5. The molecule has 2 aromatic carbocycles. The number of carboxylic acid groups (broad SMARTS) is 1. The van der Waals surface area contributed by atoms with Gasteiger partial charge in [0.15, 0.2) is 0 Å². The molecular formula is C15H14BrNO2. The first-order valence-electron chi connectivity index (χ1n) is 5.93. The highest BCUT2D eigenvalue weighted by Crippen LogP contribution is 2.11. The first-order valence-corrected chi connectivity index (χ1v) is 6.72.